The van der Waals surface area contributed by atoms with E-state index in [1.165, 1.54) is 25.5 Å². The molecule has 0 radical (unpaired) electrons. The molecule has 0 fully saturated rings. The maximum absolute atomic E-state index is 13.2. The fourth-order valence-corrected chi connectivity index (χ4v) is 6.11. The van der Waals surface area contributed by atoms with Crippen LogP contribution in [-0.2, 0) is 16.4 Å². The number of halogens is 1. The zero-order valence-corrected chi connectivity index (χ0v) is 17.4. The second-order valence-corrected chi connectivity index (χ2v) is 9.86. The predicted molar refractivity (Wildman–Crippen MR) is 107 cm³/mol. The number of sulfone groups is 1. The van der Waals surface area contributed by atoms with Crippen LogP contribution in [0.1, 0.15) is 4.88 Å². The molecule has 3 aromatic rings. The maximum atomic E-state index is 13.2. The molecule has 0 unspecified atom stereocenters. The maximum Gasteiger partial charge on any atom is 0.407 e. The van der Waals surface area contributed by atoms with Crippen LogP contribution in [0.2, 0.25) is 0 Å². The summed E-state index contributed by atoms with van der Waals surface area (Å²) in [6, 6.07) is 12.1. The van der Waals surface area contributed by atoms with Crippen molar-refractivity contribution in [2.75, 3.05) is 7.05 Å². The number of rotatable bonds is 5. The number of thiophene rings is 1. The van der Waals surface area contributed by atoms with Crippen molar-refractivity contribution in [1.29, 1.82) is 0 Å². The summed E-state index contributed by atoms with van der Waals surface area (Å²) in [6.45, 7) is 0.0972. The van der Waals surface area contributed by atoms with E-state index in [2.05, 4.69) is 20.9 Å². The van der Waals surface area contributed by atoms with Crippen molar-refractivity contribution in [2.24, 2.45) is 0 Å². The zero-order valence-electron chi connectivity index (χ0n) is 14.2. The first-order chi connectivity index (χ1) is 12.8. The number of amides is 1. The standard InChI is InChI=1S/C18H15BrN2O4S2/c1-21(18(22)23)11-12-9-15(14-6-2-3-7-16(14)19)17(26-12)27(24,25)13-5-4-8-20-10-13/h2-10H,11H2,1H3,(H,22,23). The van der Waals surface area contributed by atoms with Gasteiger partial charge in [0.1, 0.15) is 4.21 Å². The Morgan fingerprint density at radius 3 is 2.59 bits per heavy atom. The van der Waals surface area contributed by atoms with Gasteiger partial charge in [0.05, 0.1) is 11.4 Å². The molecular weight excluding hydrogens is 452 g/mol. The molecule has 0 atom stereocenters. The molecule has 0 saturated heterocycles. The van der Waals surface area contributed by atoms with E-state index in [4.69, 9.17) is 5.11 Å². The average molecular weight is 467 g/mol. The molecule has 0 bridgehead atoms. The molecule has 0 saturated carbocycles. The first kappa shape index (κ1) is 19.5. The second-order valence-electron chi connectivity index (χ2n) is 5.72. The molecule has 1 N–H and O–H groups in total. The molecule has 0 aliphatic heterocycles. The first-order valence-electron chi connectivity index (χ1n) is 7.77. The van der Waals surface area contributed by atoms with E-state index in [1.54, 1.807) is 12.1 Å². The van der Waals surface area contributed by atoms with Crippen LogP contribution in [0.3, 0.4) is 0 Å². The molecule has 6 nitrogen and oxygen atoms in total. The van der Waals surface area contributed by atoms with E-state index in [9.17, 15) is 13.2 Å². The summed E-state index contributed by atoms with van der Waals surface area (Å²) in [5.41, 5.74) is 1.26. The largest absolute Gasteiger partial charge is 0.465 e. The van der Waals surface area contributed by atoms with Crippen molar-refractivity contribution in [3.8, 4) is 11.1 Å². The van der Waals surface area contributed by atoms with Gasteiger partial charge < -0.3 is 10.0 Å². The Balaban J connectivity index is 2.18. The van der Waals surface area contributed by atoms with E-state index < -0.39 is 15.9 Å². The van der Waals surface area contributed by atoms with Crippen molar-refractivity contribution in [3.05, 3.63) is 64.2 Å². The van der Waals surface area contributed by atoms with Gasteiger partial charge in [-0.25, -0.2) is 13.2 Å². The van der Waals surface area contributed by atoms with Crippen molar-refractivity contribution >= 4 is 43.2 Å². The summed E-state index contributed by atoms with van der Waals surface area (Å²) in [4.78, 5) is 16.9. The lowest BCUT2D eigenvalue weighted by Gasteiger charge is -2.10. The minimum atomic E-state index is -3.80. The average Bonchev–Trinajstić information content (AvgIpc) is 3.07. The number of carbonyl (C=O) groups is 1. The quantitative estimate of drug-likeness (QED) is 0.597. The Hall–Kier alpha value is -2.23. The summed E-state index contributed by atoms with van der Waals surface area (Å²) < 4.78 is 27.3. The Kier molecular flexibility index (Phi) is 5.64. The fraction of sp³-hybridized carbons (Fsp3) is 0.111. The molecule has 0 aliphatic carbocycles. The predicted octanol–water partition coefficient (Wildman–Crippen LogP) is 4.52. The van der Waals surface area contributed by atoms with Gasteiger partial charge in [0.25, 0.3) is 0 Å². The van der Waals surface area contributed by atoms with Crippen molar-refractivity contribution in [1.82, 2.24) is 9.88 Å². The Labute approximate surface area is 169 Å². The number of aromatic nitrogens is 1. The van der Waals surface area contributed by atoms with E-state index in [0.717, 1.165) is 26.3 Å². The van der Waals surface area contributed by atoms with Crippen LogP contribution in [0, 0.1) is 0 Å². The van der Waals surface area contributed by atoms with Gasteiger partial charge in [0.2, 0.25) is 9.84 Å². The Morgan fingerprint density at radius 2 is 1.96 bits per heavy atom. The molecule has 2 aromatic heterocycles. The molecule has 140 valence electrons. The summed E-state index contributed by atoms with van der Waals surface area (Å²) >= 11 is 4.54. The van der Waals surface area contributed by atoms with Crippen molar-refractivity contribution in [3.63, 3.8) is 0 Å². The minimum absolute atomic E-state index is 0.0956. The lowest BCUT2D eigenvalue weighted by atomic mass is 10.1. The lowest BCUT2D eigenvalue weighted by molar-refractivity contribution is 0.154. The molecule has 1 aromatic carbocycles. The highest BCUT2D eigenvalue weighted by Crippen LogP contribution is 2.41. The van der Waals surface area contributed by atoms with E-state index >= 15 is 0 Å². The highest BCUT2D eigenvalue weighted by molar-refractivity contribution is 9.10. The molecular formula is C18H15BrN2O4S2. The molecule has 2 heterocycles. The van der Waals surface area contributed by atoms with Crippen LogP contribution in [0.15, 0.2) is 68.4 Å². The summed E-state index contributed by atoms with van der Waals surface area (Å²) in [7, 11) is -2.36. The van der Waals surface area contributed by atoms with Gasteiger partial charge in [0, 0.05) is 34.4 Å². The van der Waals surface area contributed by atoms with Crippen LogP contribution in [0.4, 0.5) is 4.79 Å². The van der Waals surface area contributed by atoms with Gasteiger partial charge in [-0.2, -0.15) is 0 Å². The van der Waals surface area contributed by atoms with Crippen LogP contribution >= 0.6 is 27.3 Å². The van der Waals surface area contributed by atoms with E-state index in [1.807, 2.05) is 24.3 Å². The van der Waals surface area contributed by atoms with Gasteiger partial charge in [-0.3, -0.25) is 4.98 Å². The molecule has 0 aliphatic rings. The van der Waals surface area contributed by atoms with Gasteiger partial charge in [0.15, 0.2) is 0 Å². The monoisotopic (exact) mass is 466 g/mol. The Morgan fingerprint density at radius 1 is 1.22 bits per heavy atom. The molecule has 27 heavy (non-hydrogen) atoms. The fourth-order valence-electron chi connectivity index (χ4n) is 2.48. The van der Waals surface area contributed by atoms with Crippen molar-refractivity contribution < 1.29 is 18.3 Å². The van der Waals surface area contributed by atoms with Crippen LogP contribution < -0.4 is 0 Å². The highest BCUT2D eigenvalue weighted by Gasteiger charge is 2.27. The van der Waals surface area contributed by atoms with Crippen LogP contribution in [-0.4, -0.2) is 36.5 Å². The summed E-state index contributed by atoms with van der Waals surface area (Å²) in [5, 5.41) is 9.11. The van der Waals surface area contributed by atoms with E-state index in [0.29, 0.717) is 10.4 Å². The second kappa shape index (κ2) is 7.79. The van der Waals surface area contributed by atoms with Gasteiger partial charge in [-0.1, -0.05) is 34.1 Å². The Bertz CT molecular complexity index is 1080. The zero-order chi connectivity index (χ0) is 19.6. The third kappa shape index (κ3) is 4.05. The van der Waals surface area contributed by atoms with E-state index in [-0.39, 0.29) is 15.6 Å². The summed E-state index contributed by atoms with van der Waals surface area (Å²) in [6.07, 6.45) is 1.74. The normalized spacial score (nSPS) is 11.3. The number of benzene rings is 1. The number of hydrogen-bond acceptors (Lipinski definition) is 5. The molecule has 3 rings (SSSR count). The highest BCUT2D eigenvalue weighted by atomic mass is 79.9. The van der Waals surface area contributed by atoms with Crippen molar-refractivity contribution in [2.45, 2.75) is 15.6 Å². The van der Waals surface area contributed by atoms with Crippen LogP contribution in [0.5, 0.6) is 0 Å². The molecule has 0 spiro atoms. The smallest absolute Gasteiger partial charge is 0.407 e. The number of pyridine rings is 1. The first-order valence-corrected chi connectivity index (χ1v) is 10.9. The third-order valence-electron chi connectivity index (χ3n) is 3.82. The summed E-state index contributed by atoms with van der Waals surface area (Å²) in [5.74, 6) is 0. The number of nitrogens with zero attached hydrogens (tertiary/aromatic N) is 2. The number of carboxylic acid groups (broad SMARTS) is 1. The third-order valence-corrected chi connectivity index (χ3v) is 7.91. The van der Waals surface area contributed by atoms with Crippen LogP contribution in [0.25, 0.3) is 11.1 Å². The molecule has 1 amide bonds. The van der Waals surface area contributed by atoms with Gasteiger partial charge in [-0.15, -0.1) is 11.3 Å². The van der Waals surface area contributed by atoms with Gasteiger partial charge >= 0.3 is 6.09 Å². The minimum Gasteiger partial charge on any atom is -0.465 e. The molecule has 9 heteroatoms. The topological polar surface area (TPSA) is 87.6 Å². The lowest BCUT2D eigenvalue weighted by Crippen LogP contribution is -2.23. The van der Waals surface area contributed by atoms with Gasteiger partial charge in [-0.05, 0) is 29.8 Å². The number of hydrogen-bond donors (Lipinski definition) is 1. The SMILES string of the molecule is CN(Cc1cc(-c2ccccc2Br)c(S(=O)(=O)c2cccnc2)s1)C(=O)O.